The predicted octanol–water partition coefficient (Wildman–Crippen LogP) is 2.67. The van der Waals surface area contributed by atoms with Crippen LogP contribution in [0.15, 0.2) is 36.0 Å². The number of thiocarbonyl (C=S) groups is 1. The number of rotatable bonds is 3. The number of hydrogen-bond donors (Lipinski definition) is 2. The van der Waals surface area contributed by atoms with E-state index in [0.717, 1.165) is 12.1 Å². The lowest BCUT2D eigenvalue weighted by Crippen LogP contribution is -2.42. The zero-order chi connectivity index (χ0) is 16.3. The third-order valence-corrected chi connectivity index (χ3v) is 3.26. The molecule has 0 amide bonds. The van der Waals surface area contributed by atoms with Crippen LogP contribution in [-0.4, -0.2) is 17.7 Å². The first-order valence-electron chi connectivity index (χ1n) is 6.44. The molecule has 0 bridgehead atoms. The van der Waals surface area contributed by atoms with Crippen LogP contribution in [0.1, 0.15) is 24.1 Å². The zero-order valence-electron chi connectivity index (χ0n) is 11.5. The molecule has 118 valence electrons. The Balaban J connectivity index is 2.31. The van der Waals surface area contributed by atoms with Gasteiger partial charge in [-0.25, -0.2) is 4.79 Å². The van der Waals surface area contributed by atoms with Crippen LogP contribution in [0, 0.1) is 0 Å². The van der Waals surface area contributed by atoms with Crippen molar-refractivity contribution in [2.24, 2.45) is 0 Å². The Kier molecular flexibility index (Phi) is 4.70. The number of hydrogen-bond acceptors (Lipinski definition) is 3. The van der Waals surface area contributed by atoms with Gasteiger partial charge in [0.25, 0.3) is 0 Å². The van der Waals surface area contributed by atoms with Crippen LogP contribution in [0.5, 0.6) is 0 Å². The summed E-state index contributed by atoms with van der Waals surface area (Å²) < 4.78 is 42.7. The van der Waals surface area contributed by atoms with Gasteiger partial charge in [-0.1, -0.05) is 12.1 Å². The van der Waals surface area contributed by atoms with E-state index in [1.165, 1.54) is 18.3 Å². The molecule has 0 spiro atoms. The summed E-state index contributed by atoms with van der Waals surface area (Å²) in [6, 6.07) is 3.88. The van der Waals surface area contributed by atoms with Crippen molar-refractivity contribution in [3.63, 3.8) is 0 Å². The lowest BCUT2D eigenvalue weighted by molar-refractivity contribution is -0.139. The van der Waals surface area contributed by atoms with E-state index in [9.17, 15) is 18.0 Å². The molecule has 22 heavy (non-hydrogen) atoms. The highest BCUT2D eigenvalue weighted by Gasteiger charge is 2.32. The van der Waals surface area contributed by atoms with E-state index >= 15 is 0 Å². The first-order chi connectivity index (χ1) is 10.3. The van der Waals surface area contributed by atoms with Gasteiger partial charge in [0.05, 0.1) is 23.8 Å². The first-order valence-corrected chi connectivity index (χ1v) is 6.85. The molecule has 1 aliphatic heterocycles. The Morgan fingerprint density at radius 1 is 1.32 bits per heavy atom. The topological polar surface area (TPSA) is 50.4 Å². The Morgan fingerprint density at radius 2 is 1.95 bits per heavy atom. The second kappa shape index (κ2) is 6.35. The minimum atomic E-state index is -4.41. The fraction of sp³-hybridized carbons (Fsp3) is 0.286. The minimum Gasteiger partial charge on any atom is -0.463 e. The molecule has 0 saturated carbocycles. The standard InChI is InChI=1S/C14H13F3N2O2S/c1-2-21-12(20)10-7-18-13(22)19-11(10)8-3-5-9(6-4-8)14(15,16)17/h3-7,11H,2H2,1H3,(H2,18,19,22). The minimum absolute atomic E-state index is 0.195. The molecule has 1 heterocycles. The molecule has 1 unspecified atom stereocenters. The molecular formula is C14H13F3N2O2S. The SMILES string of the molecule is CCOC(=O)C1=CNC(=S)NC1c1ccc(C(F)(F)F)cc1. The lowest BCUT2D eigenvalue weighted by atomic mass is 9.97. The lowest BCUT2D eigenvalue weighted by Gasteiger charge is -2.27. The largest absolute Gasteiger partial charge is 0.463 e. The molecule has 0 fully saturated rings. The van der Waals surface area contributed by atoms with Crippen LogP contribution < -0.4 is 10.6 Å². The number of ether oxygens (including phenoxy) is 1. The Bertz CT molecular complexity index is 612. The predicted molar refractivity (Wildman–Crippen MR) is 77.8 cm³/mol. The maximum atomic E-state index is 12.6. The fourth-order valence-corrected chi connectivity index (χ4v) is 2.17. The maximum Gasteiger partial charge on any atom is 0.416 e. The smallest absolute Gasteiger partial charge is 0.416 e. The van der Waals surface area contributed by atoms with Crippen molar-refractivity contribution in [1.29, 1.82) is 0 Å². The van der Waals surface area contributed by atoms with E-state index in [4.69, 9.17) is 17.0 Å². The number of carbonyl (C=O) groups excluding carboxylic acids is 1. The van der Waals surface area contributed by atoms with Gasteiger partial charge in [0.2, 0.25) is 0 Å². The van der Waals surface area contributed by atoms with E-state index in [-0.39, 0.29) is 17.3 Å². The number of nitrogens with one attached hydrogen (secondary N) is 2. The molecule has 8 heteroatoms. The quantitative estimate of drug-likeness (QED) is 0.659. The molecule has 0 aromatic heterocycles. The number of benzene rings is 1. The van der Waals surface area contributed by atoms with Gasteiger partial charge < -0.3 is 15.4 Å². The molecule has 0 saturated heterocycles. The second-order valence-electron chi connectivity index (χ2n) is 4.49. The molecule has 2 rings (SSSR count). The summed E-state index contributed by atoms with van der Waals surface area (Å²) in [6.07, 6.45) is -3.01. The molecule has 0 radical (unpaired) electrons. The molecule has 2 N–H and O–H groups in total. The summed E-state index contributed by atoms with van der Waals surface area (Å²) in [5.74, 6) is -0.560. The average Bonchev–Trinajstić information content (AvgIpc) is 2.46. The van der Waals surface area contributed by atoms with Gasteiger partial charge in [0, 0.05) is 6.20 Å². The Hall–Kier alpha value is -2.09. The van der Waals surface area contributed by atoms with E-state index in [2.05, 4.69) is 10.6 Å². The van der Waals surface area contributed by atoms with Crippen molar-refractivity contribution in [2.75, 3.05) is 6.61 Å². The Labute approximate surface area is 130 Å². The zero-order valence-corrected chi connectivity index (χ0v) is 12.3. The summed E-state index contributed by atoms with van der Waals surface area (Å²) in [6.45, 7) is 1.86. The van der Waals surface area contributed by atoms with E-state index in [1.807, 2.05) is 0 Å². The molecule has 1 atom stereocenters. The number of alkyl halides is 3. The number of carbonyl (C=O) groups is 1. The van der Waals surface area contributed by atoms with Crippen molar-refractivity contribution in [1.82, 2.24) is 10.6 Å². The van der Waals surface area contributed by atoms with Gasteiger partial charge in [-0.15, -0.1) is 0 Å². The number of esters is 1. The van der Waals surface area contributed by atoms with Crippen molar-refractivity contribution in [2.45, 2.75) is 19.1 Å². The van der Waals surface area contributed by atoms with Crippen molar-refractivity contribution in [3.8, 4) is 0 Å². The van der Waals surface area contributed by atoms with E-state index in [1.54, 1.807) is 6.92 Å². The molecule has 1 aromatic rings. The molecule has 1 aromatic carbocycles. The molecule has 0 aliphatic carbocycles. The molecule has 1 aliphatic rings. The average molecular weight is 330 g/mol. The molecule has 4 nitrogen and oxygen atoms in total. The first kappa shape index (κ1) is 16.3. The third-order valence-electron chi connectivity index (χ3n) is 3.03. The summed E-state index contributed by atoms with van der Waals surface area (Å²) >= 11 is 4.97. The van der Waals surface area contributed by atoms with Gasteiger partial charge >= 0.3 is 12.1 Å². The highest BCUT2D eigenvalue weighted by atomic mass is 32.1. The van der Waals surface area contributed by atoms with Gasteiger partial charge in [0.15, 0.2) is 5.11 Å². The summed E-state index contributed by atoms with van der Waals surface area (Å²) in [4.78, 5) is 11.9. The van der Waals surface area contributed by atoms with Crippen LogP contribution in [0.3, 0.4) is 0 Å². The fourth-order valence-electron chi connectivity index (χ4n) is 2.00. The normalized spacial score (nSPS) is 18.1. The Morgan fingerprint density at radius 3 is 2.50 bits per heavy atom. The van der Waals surface area contributed by atoms with Crippen molar-refractivity contribution >= 4 is 23.3 Å². The van der Waals surface area contributed by atoms with Crippen molar-refractivity contribution in [3.05, 3.63) is 47.2 Å². The summed E-state index contributed by atoms with van der Waals surface area (Å²) in [7, 11) is 0. The van der Waals surface area contributed by atoms with Gasteiger partial charge in [-0.3, -0.25) is 0 Å². The van der Waals surface area contributed by atoms with Gasteiger partial charge in [0.1, 0.15) is 0 Å². The molecular weight excluding hydrogens is 317 g/mol. The highest BCUT2D eigenvalue weighted by Crippen LogP contribution is 2.31. The van der Waals surface area contributed by atoms with E-state index in [0.29, 0.717) is 5.56 Å². The van der Waals surface area contributed by atoms with Crippen LogP contribution in [-0.2, 0) is 15.7 Å². The van der Waals surface area contributed by atoms with Crippen LogP contribution in [0.4, 0.5) is 13.2 Å². The maximum absolute atomic E-state index is 12.6. The summed E-state index contributed by atoms with van der Waals surface area (Å²) in [5, 5.41) is 5.81. The second-order valence-corrected chi connectivity index (χ2v) is 4.90. The van der Waals surface area contributed by atoms with Crippen molar-refractivity contribution < 1.29 is 22.7 Å². The van der Waals surface area contributed by atoms with Crippen LogP contribution >= 0.6 is 12.2 Å². The van der Waals surface area contributed by atoms with Gasteiger partial charge in [-0.05, 0) is 36.8 Å². The van der Waals surface area contributed by atoms with E-state index < -0.39 is 23.8 Å². The monoisotopic (exact) mass is 330 g/mol. The van der Waals surface area contributed by atoms with Crippen LogP contribution in [0.25, 0.3) is 0 Å². The van der Waals surface area contributed by atoms with Crippen LogP contribution in [0.2, 0.25) is 0 Å². The summed E-state index contributed by atoms with van der Waals surface area (Å²) in [5.41, 5.74) is -0.0270. The highest BCUT2D eigenvalue weighted by molar-refractivity contribution is 7.80. The van der Waals surface area contributed by atoms with Gasteiger partial charge in [-0.2, -0.15) is 13.2 Å². The number of halogens is 3. The third kappa shape index (κ3) is 3.56.